The van der Waals surface area contributed by atoms with Crippen molar-refractivity contribution in [2.24, 2.45) is 0 Å². The van der Waals surface area contributed by atoms with Crippen LogP contribution in [0.4, 0.5) is 11.4 Å². The Kier molecular flexibility index (Phi) is 4.82. The summed E-state index contributed by atoms with van der Waals surface area (Å²) in [4.78, 5) is 3.52. The van der Waals surface area contributed by atoms with Crippen LogP contribution in [0, 0.1) is 6.92 Å². The molecule has 4 nitrogen and oxygen atoms in total. The van der Waals surface area contributed by atoms with Gasteiger partial charge in [-0.2, -0.15) is 0 Å². The Morgan fingerprint density at radius 1 is 1.03 bits per heavy atom. The fourth-order valence-electron chi connectivity index (χ4n) is 4.02. The minimum atomic E-state index is 0.414. The van der Waals surface area contributed by atoms with Crippen LogP contribution >= 0.6 is 11.6 Å². The van der Waals surface area contributed by atoms with E-state index in [4.69, 9.17) is 16.3 Å². The molecule has 3 aromatic carbocycles. The SMILES string of the molecule is Cc1ccc(Nc2cc(OCC3CCCN3)c3[nH]c4ccc(Cl)cc4c3c2)cc1. The largest absolute Gasteiger partial charge is 0.490 e. The van der Waals surface area contributed by atoms with Gasteiger partial charge >= 0.3 is 0 Å². The normalized spacial score (nSPS) is 16.6. The zero-order valence-electron chi connectivity index (χ0n) is 16.4. The van der Waals surface area contributed by atoms with Gasteiger partial charge in [-0.25, -0.2) is 0 Å². The third-order valence-electron chi connectivity index (χ3n) is 5.58. The summed E-state index contributed by atoms with van der Waals surface area (Å²) in [6.45, 7) is 3.83. The highest BCUT2D eigenvalue weighted by Crippen LogP contribution is 2.37. The van der Waals surface area contributed by atoms with Crippen LogP contribution in [0.2, 0.25) is 5.02 Å². The van der Waals surface area contributed by atoms with Gasteiger partial charge in [0, 0.05) is 44.8 Å². The van der Waals surface area contributed by atoms with Crippen molar-refractivity contribution in [3.63, 3.8) is 0 Å². The Bertz CT molecular complexity index is 1160. The van der Waals surface area contributed by atoms with Crippen molar-refractivity contribution in [3.8, 4) is 5.75 Å². The van der Waals surface area contributed by atoms with Crippen LogP contribution in [0.25, 0.3) is 21.8 Å². The van der Waals surface area contributed by atoms with Gasteiger partial charge in [-0.3, -0.25) is 0 Å². The number of H-pyrrole nitrogens is 1. The van der Waals surface area contributed by atoms with Crippen LogP contribution < -0.4 is 15.4 Å². The summed E-state index contributed by atoms with van der Waals surface area (Å²) in [6.07, 6.45) is 2.37. The monoisotopic (exact) mass is 405 g/mol. The van der Waals surface area contributed by atoms with Gasteiger partial charge in [-0.1, -0.05) is 29.3 Å². The third-order valence-corrected chi connectivity index (χ3v) is 5.81. The molecular weight excluding hydrogens is 382 g/mol. The maximum absolute atomic E-state index is 6.29. The minimum Gasteiger partial charge on any atom is -0.490 e. The molecule has 0 amide bonds. The van der Waals surface area contributed by atoms with Crippen LogP contribution in [0.15, 0.2) is 54.6 Å². The van der Waals surface area contributed by atoms with E-state index < -0.39 is 0 Å². The average Bonchev–Trinajstić information content (AvgIpc) is 3.36. The van der Waals surface area contributed by atoms with Gasteiger partial charge in [0.1, 0.15) is 12.4 Å². The van der Waals surface area contributed by atoms with Crippen molar-refractivity contribution in [1.82, 2.24) is 10.3 Å². The molecule has 148 valence electrons. The number of halogens is 1. The molecule has 0 bridgehead atoms. The molecule has 1 atom stereocenters. The van der Waals surface area contributed by atoms with E-state index in [1.165, 1.54) is 12.0 Å². The van der Waals surface area contributed by atoms with Crippen LogP contribution in [0.5, 0.6) is 5.75 Å². The lowest BCUT2D eigenvalue weighted by Crippen LogP contribution is -2.28. The quantitative estimate of drug-likeness (QED) is 0.372. The fraction of sp³-hybridized carbons (Fsp3) is 0.250. The van der Waals surface area contributed by atoms with E-state index in [0.29, 0.717) is 12.6 Å². The highest BCUT2D eigenvalue weighted by atomic mass is 35.5. The molecule has 1 aliphatic heterocycles. The first-order valence-electron chi connectivity index (χ1n) is 10.1. The maximum Gasteiger partial charge on any atom is 0.145 e. The topological polar surface area (TPSA) is 49.1 Å². The summed E-state index contributed by atoms with van der Waals surface area (Å²) >= 11 is 6.28. The second kappa shape index (κ2) is 7.62. The highest BCUT2D eigenvalue weighted by molar-refractivity contribution is 6.32. The Hall–Kier alpha value is -2.69. The summed E-state index contributed by atoms with van der Waals surface area (Å²) in [5.74, 6) is 0.859. The second-order valence-electron chi connectivity index (χ2n) is 7.81. The number of ether oxygens (including phenoxy) is 1. The molecule has 4 aromatic rings. The molecule has 1 fully saturated rings. The first-order valence-corrected chi connectivity index (χ1v) is 10.5. The van der Waals surface area contributed by atoms with E-state index in [2.05, 4.69) is 58.9 Å². The number of benzene rings is 3. The molecular formula is C24H24ClN3O. The lowest BCUT2D eigenvalue weighted by atomic mass is 10.1. The van der Waals surface area contributed by atoms with Crippen LogP contribution in [0.1, 0.15) is 18.4 Å². The number of aryl methyl sites for hydroxylation is 1. The number of nitrogens with one attached hydrogen (secondary N) is 3. The molecule has 0 radical (unpaired) electrons. The van der Waals surface area contributed by atoms with E-state index >= 15 is 0 Å². The van der Waals surface area contributed by atoms with Crippen molar-refractivity contribution in [2.45, 2.75) is 25.8 Å². The fourth-order valence-corrected chi connectivity index (χ4v) is 4.19. The van der Waals surface area contributed by atoms with Crippen molar-refractivity contribution in [3.05, 3.63) is 65.2 Å². The summed E-state index contributed by atoms with van der Waals surface area (Å²) < 4.78 is 6.29. The number of aromatic amines is 1. The summed E-state index contributed by atoms with van der Waals surface area (Å²) in [5.41, 5.74) is 5.36. The smallest absolute Gasteiger partial charge is 0.145 e. The van der Waals surface area contributed by atoms with Crippen LogP contribution in [0.3, 0.4) is 0 Å². The van der Waals surface area contributed by atoms with Crippen molar-refractivity contribution in [2.75, 3.05) is 18.5 Å². The van der Waals surface area contributed by atoms with Crippen LogP contribution in [-0.2, 0) is 0 Å². The molecule has 1 saturated heterocycles. The van der Waals surface area contributed by atoms with Gasteiger partial charge < -0.3 is 20.4 Å². The third kappa shape index (κ3) is 3.78. The number of hydrogen-bond donors (Lipinski definition) is 3. The molecule has 5 heteroatoms. The number of aromatic nitrogens is 1. The molecule has 29 heavy (non-hydrogen) atoms. The maximum atomic E-state index is 6.29. The average molecular weight is 406 g/mol. The first-order chi connectivity index (χ1) is 14.2. The zero-order valence-corrected chi connectivity index (χ0v) is 17.1. The summed E-state index contributed by atoms with van der Waals surface area (Å²) in [5, 5.41) is 9.95. The molecule has 0 saturated carbocycles. The molecule has 2 heterocycles. The lowest BCUT2D eigenvalue weighted by Gasteiger charge is -2.15. The van der Waals surface area contributed by atoms with Gasteiger partial charge in [0.2, 0.25) is 0 Å². The standard InChI is InChI=1S/C24H24ClN3O/c1-15-4-7-17(8-5-15)27-19-12-21-20-11-16(25)6-9-22(20)28-24(21)23(13-19)29-14-18-3-2-10-26-18/h4-9,11-13,18,26-28H,2-3,10,14H2,1H3. The molecule has 0 aliphatic carbocycles. The van der Waals surface area contributed by atoms with Crippen molar-refractivity contribution < 1.29 is 4.74 Å². The highest BCUT2D eigenvalue weighted by Gasteiger charge is 2.17. The predicted molar refractivity (Wildman–Crippen MR) is 122 cm³/mol. The summed E-state index contributed by atoms with van der Waals surface area (Å²) in [7, 11) is 0. The van der Waals surface area contributed by atoms with E-state index in [1.807, 2.05) is 18.2 Å². The lowest BCUT2D eigenvalue weighted by molar-refractivity contribution is 0.280. The van der Waals surface area contributed by atoms with Gasteiger partial charge in [0.05, 0.1) is 5.52 Å². The molecule has 5 rings (SSSR count). The molecule has 1 aliphatic rings. The van der Waals surface area contributed by atoms with E-state index in [0.717, 1.165) is 56.9 Å². The Morgan fingerprint density at radius 3 is 2.69 bits per heavy atom. The van der Waals surface area contributed by atoms with E-state index in [9.17, 15) is 0 Å². The number of rotatable bonds is 5. The Labute approximate surface area is 175 Å². The van der Waals surface area contributed by atoms with E-state index in [-0.39, 0.29) is 0 Å². The van der Waals surface area contributed by atoms with Gasteiger partial charge in [-0.15, -0.1) is 0 Å². The molecule has 3 N–H and O–H groups in total. The first kappa shape index (κ1) is 18.3. The number of fused-ring (bicyclic) bond motifs is 3. The number of anilines is 2. The van der Waals surface area contributed by atoms with Gasteiger partial charge in [0.25, 0.3) is 0 Å². The predicted octanol–water partition coefficient (Wildman–Crippen LogP) is 6.16. The van der Waals surface area contributed by atoms with Crippen LogP contribution in [-0.4, -0.2) is 24.2 Å². The van der Waals surface area contributed by atoms with Gasteiger partial charge in [-0.05, 0) is 62.7 Å². The van der Waals surface area contributed by atoms with E-state index in [1.54, 1.807) is 0 Å². The van der Waals surface area contributed by atoms with Crippen molar-refractivity contribution >= 4 is 44.8 Å². The molecule has 1 aromatic heterocycles. The Balaban J connectivity index is 1.57. The zero-order chi connectivity index (χ0) is 19.8. The Morgan fingerprint density at radius 2 is 1.90 bits per heavy atom. The molecule has 1 unspecified atom stereocenters. The van der Waals surface area contributed by atoms with Crippen molar-refractivity contribution in [1.29, 1.82) is 0 Å². The second-order valence-corrected chi connectivity index (χ2v) is 8.24. The minimum absolute atomic E-state index is 0.414. The van der Waals surface area contributed by atoms with Gasteiger partial charge in [0.15, 0.2) is 0 Å². The number of hydrogen-bond acceptors (Lipinski definition) is 3. The molecule has 0 spiro atoms. The summed E-state index contributed by atoms with van der Waals surface area (Å²) in [6, 6.07) is 19.0.